The molecule has 3 amide bonds. The van der Waals surface area contributed by atoms with Gasteiger partial charge in [-0.2, -0.15) is 0 Å². The van der Waals surface area contributed by atoms with Gasteiger partial charge in [0.25, 0.3) is 17.7 Å². The lowest BCUT2D eigenvalue weighted by Gasteiger charge is -2.29. The Labute approximate surface area is 151 Å². The first-order valence-corrected chi connectivity index (χ1v) is 8.87. The topological polar surface area (TPSA) is 92.8 Å². The first kappa shape index (κ1) is 18.1. The molecule has 0 spiro atoms. The van der Waals surface area contributed by atoms with Crippen molar-refractivity contribution in [2.75, 3.05) is 13.2 Å². The number of hydrogen-bond acceptors (Lipinski definition) is 5. The number of amides is 3. The summed E-state index contributed by atoms with van der Waals surface area (Å²) in [6.07, 6.45) is 4.25. The molecule has 0 saturated heterocycles. The van der Waals surface area contributed by atoms with Gasteiger partial charge in [0.1, 0.15) is 6.54 Å². The summed E-state index contributed by atoms with van der Waals surface area (Å²) >= 11 is 0. The Balaban J connectivity index is 1.48. The number of imide groups is 1. The van der Waals surface area contributed by atoms with Gasteiger partial charge in [-0.1, -0.05) is 31.9 Å². The summed E-state index contributed by atoms with van der Waals surface area (Å²) in [4.78, 5) is 49.2. The Morgan fingerprint density at radius 1 is 1.12 bits per heavy atom. The van der Waals surface area contributed by atoms with E-state index >= 15 is 0 Å². The van der Waals surface area contributed by atoms with Crippen LogP contribution in [0.4, 0.5) is 0 Å². The van der Waals surface area contributed by atoms with Gasteiger partial charge in [-0.05, 0) is 30.9 Å². The van der Waals surface area contributed by atoms with Crippen molar-refractivity contribution in [2.45, 2.75) is 38.6 Å². The molecule has 1 aromatic carbocycles. The van der Waals surface area contributed by atoms with Crippen LogP contribution in [-0.4, -0.2) is 47.8 Å². The standard InChI is InChI=1S/C19H22N2O5/c1-12-6-2-5-9-15(12)20-16(22)11-26-17(23)10-21-18(24)13-7-3-4-8-14(13)19(21)25/h3-4,7-8,12,15H,2,5-6,9-11H2,1H3,(H,20,22)/t12-,15-/m1/s1. The zero-order valence-electron chi connectivity index (χ0n) is 14.7. The van der Waals surface area contributed by atoms with Crippen molar-refractivity contribution < 1.29 is 23.9 Å². The molecule has 0 unspecified atom stereocenters. The van der Waals surface area contributed by atoms with E-state index < -0.39 is 30.9 Å². The molecule has 26 heavy (non-hydrogen) atoms. The molecule has 1 aliphatic heterocycles. The van der Waals surface area contributed by atoms with Crippen LogP contribution in [0.15, 0.2) is 24.3 Å². The number of carbonyl (C=O) groups excluding carboxylic acids is 4. The fraction of sp³-hybridized carbons (Fsp3) is 0.474. The van der Waals surface area contributed by atoms with Crippen molar-refractivity contribution in [2.24, 2.45) is 5.92 Å². The number of fused-ring (bicyclic) bond motifs is 1. The van der Waals surface area contributed by atoms with Crippen molar-refractivity contribution >= 4 is 23.7 Å². The number of nitrogens with zero attached hydrogens (tertiary/aromatic N) is 1. The minimum atomic E-state index is -0.786. The van der Waals surface area contributed by atoms with Crippen LogP contribution in [0, 0.1) is 5.92 Å². The predicted molar refractivity (Wildman–Crippen MR) is 92.3 cm³/mol. The summed E-state index contributed by atoms with van der Waals surface area (Å²) in [5.41, 5.74) is 0.545. The molecule has 7 heteroatoms. The Kier molecular flexibility index (Phi) is 5.35. The van der Waals surface area contributed by atoms with Gasteiger partial charge in [0.05, 0.1) is 11.1 Å². The minimum Gasteiger partial charge on any atom is -0.454 e. The second-order valence-corrected chi connectivity index (χ2v) is 6.84. The molecular weight excluding hydrogens is 336 g/mol. The van der Waals surface area contributed by atoms with E-state index in [0.717, 1.165) is 24.2 Å². The minimum absolute atomic E-state index is 0.103. The predicted octanol–water partition coefficient (Wildman–Crippen LogP) is 1.52. The Morgan fingerprint density at radius 3 is 2.35 bits per heavy atom. The average Bonchev–Trinajstić information content (AvgIpc) is 2.87. The van der Waals surface area contributed by atoms with E-state index in [1.165, 1.54) is 6.42 Å². The number of rotatable bonds is 5. The molecule has 1 aromatic rings. The molecule has 1 fully saturated rings. The van der Waals surface area contributed by atoms with Gasteiger partial charge < -0.3 is 10.1 Å². The molecule has 1 saturated carbocycles. The lowest BCUT2D eigenvalue weighted by Crippen LogP contribution is -2.43. The SMILES string of the molecule is C[C@@H]1CCCC[C@H]1NC(=O)COC(=O)CN1C(=O)c2ccccc2C1=O. The van der Waals surface area contributed by atoms with Gasteiger partial charge in [-0.25, -0.2) is 0 Å². The molecule has 0 bridgehead atoms. The molecule has 0 aromatic heterocycles. The lowest BCUT2D eigenvalue weighted by molar-refractivity contribution is -0.149. The van der Waals surface area contributed by atoms with E-state index in [4.69, 9.17) is 4.74 Å². The molecule has 2 aliphatic rings. The Morgan fingerprint density at radius 2 is 1.73 bits per heavy atom. The van der Waals surface area contributed by atoms with Crippen LogP contribution in [0.25, 0.3) is 0 Å². The van der Waals surface area contributed by atoms with Crippen molar-refractivity contribution in [3.63, 3.8) is 0 Å². The van der Waals surface area contributed by atoms with Crippen LogP contribution in [0.3, 0.4) is 0 Å². The van der Waals surface area contributed by atoms with Crippen molar-refractivity contribution in [3.8, 4) is 0 Å². The van der Waals surface area contributed by atoms with Crippen LogP contribution in [-0.2, 0) is 14.3 Å². The molecule has 138 valence electrons. The highest BCUT2D eigenvalue weighted by molar-refractivity contribution is 6.22. The van der Waals surface area contributed by atoms with Gasteiger partial charge in [-0.3, -0.25) is 24.1 Å². The van der Waals surface area contributed by atoms with E-state index in [9.17, 15) is 19.2 Å². The van der Waals surface area contributed by atoms with Crippen LogP contribution >= 0.6 is 0 Å². The highest BCUT2D eigenvalue weighted by atomic mass is 16.5. The van der Waals surface area contributed by atoms with Gasteiger partial charge in [0.2, 0.25) is 0 Å². The second-order valence-electron chi connectivity index (χ2n) is 6.84. The number of nitrogens with one attached hydrogen (secondary N) is 1. The third-order valence-electron chi connectivity index (χ3n) is 4.99. The molecule has 1 heterocycles. The van der Waals surface area contributed by atoms with E-state index in [1.807, 2.05) is 0 Å². The third-order valence-corrected chi connectivity index (χ3v) is 4.99. The molecule has 7 nitrogen and oxygen atoms in total. The third kappa shape index (κ3) is 3.76. The molecular formula is C19H22N2O5. The maximum absolute atomic E-state index is 12.2. The fourth-order valence-corrected chi connectivity index (χ4v) is 3.48. The maximum atomic E-state index is 12.2. The molecule has 1 N–H and O–H groups in total. The van der Waals surface area contributed by atoms with Gasteiger partial charge in [0.15, 0.2) is 6.61 Å². The summed E-state index contributed by atoms with van der Waals surface area (Å²) in [5, 5.41) is 2.89. The van der Waals surface area contributed by atoms with Gasteiger partial charge >= 0.3 is 5.97 Å². The summed E-state index contributed by atoms with van der Waals surface area (Å²) in [6.45, 7) is 1.18. The lowest BCUT2D eigenvalue weighted by atomic mass is 9.86. The van der Waals surface area contributed by atoms with E-state index in [0.29, 0.717) is 5.92 Å². The molecule has 2 atom stereocenters. The molecule has 3 rings (SSSR count). The summed E-state index contributed by atoms with van der Waals surface area (Å²) < 4.78 is 4.94. The average molecular weight is 358 g/mol. The zero-order chi connectivity index (χ0) is 18.7. The Hall–Kier alpha value is -2.70. The second kappa shape index (κ2) is 7.68. The summed E-state index contributed by atoms with van der Waals surface area (Å²) in [7, 11) is 0. The van der Waals surface area contributed by atoms with E-state index in [-0.39, 0.29) is 23.1 Å². The maximum Gasteiger partial charge on any atom is 0.326 e. The first-order chi connectivity index (χ1) is 12.5. The zero-order valence-corrected chi connectivity index (χ0v) is 14.7. The van der Waals surface area contributed by atoms with Crippen molar-refractivity contribution in [1.82, 2.24) is 10.2 Å². The normalized spacial score (nSPS) is 22.1. The summed E-state index contributed by atoms with van der Waals surface area (Å²) in [6, 6.07) is 6.50. The molecule has 0 radical (unpaired) electrons. The summed E-state index contributed by atoms with van der Waals surface area (Å²) in [5.74, 6) is -1.79. The fourth-order valence-electron chi connectivity index (χ4n) is 3.48. The van der Waals surface area contributed by atoms with Gasteiger partial charge in [0, 0.05) is 6.04 Å². The first-order valence-electron chi connectivity index (χ1n) is 8.87. The van der Waals surface area contributed by atoms with Crippen LogP contribution in [0.5, 0.6) is 0 Å². The van der Waals surface area contributed by atoms with Crippen molar-refractivity contribution in [1.29, 1.82) is 0 Å². The van der Waals surface area contributed by atoms with E-state index in [1.54, 1.807) is 24.3 Å². The van der Waals surface area contributed by atoms with Crippen LogP contribution < -0.4 is 5.32 Å². The van der Waals surface area contributed by atoms with Crippen molar-refractivity contribution in [3.05, 3.63) is 35.4 Å². The Bertz CT molecular complexity index is 710. The highest BCUT2D eigenvalue weighted by Crippen LogP contribution is 2.24. The molecule has 1 aliphatic carbocycles. The quantitative estimate of drug-likeness (QED) is 0.636. The highest BCUT2D eigenvalue weighted by Gasteiger charge is 2.36. The largest absolute Gasteiger partial charge is 0.454 e. The van der Waals surface area contributed by atoms with Crippen LogP contribution in [0.1, 0.15) is 53.3 Å². The number of esters is 1. The van der Waals surface area contributed by atoms with Crippen LogP contribution in [0.2, 0.25) is 0 Å². The van der Waals surface area contributed by atoms with E-state index in [2.05, 4.69) is 12.2 Å². The number of ether oxygens (including phenoxy) is 1. The monoisotopic (exact) mass is 358 g/mol. The van der Waals surface area contributed by atoms with Gasteiger partial charge in [-0.15, -0.1) is 0 Å². The number of benzene rings is 1. The number of hydrogen-bond donors (Lipinski definition) is 1. The smallest absolute Gasteiger partial charge is 0.326 e. The number of carbonyl (C=O) groups is 4.